The number of ether oxygens (including phenoxy) is 1. The largest absolute Gasteiger partial charge is 0.459 e. The molecule has 0 aliphatic carbocycles. The number of aliphatic hydroxyl groups excluding tert-OH is 1. The van der Waals surface area contributed by atoms with Crippen LogP contribution in [-0.2, 0) is 14.9 Å². The molecule has 2 atom stereocenters. The molecule has 0 bridgehead atoms. The maximum absolute atomic E-state index is 13.1. The lowest BCUT2D eigenvalue weighted by Gasteiger charge is -2.33. The monoisotopic (exact) mass is 372 g/mol. The number of rotatable bonds is 7. The molecule has 0 saturated carbocycles. The van der Waals surface area contributed by atoms with Crippen LogP contribution in [0.25, 0.3) is 0 Å². The summed E-state index contributed by atoms with van der Waals surface area (Å²) in [4.78, 5) is 28.1. The summed E-state index contributed by atoms with van der Waals surface area (Å²) in [6, 6.07) is 13.4. The van der Waals surface area contributed by atoms with Crippen LogP contribution in [-0.4, -0.2) is 33.1 Å². The molecule has 2 unspecified atom stereocenters. The van der Waals surface area contributed by atoms with E-state index in [2.05, 4.69) is 4.98 Å². The number of esters is 1. The average Bonchev–Trinajstić information content (AvgIpc) is 2.60. The third kappa shape index (κ3) is 5.34. The first-order chi connectivity index (χ1) is 12.6. The maximum Gasteiger partial charge on any atom is 0.323 e. The van der Waals surface area contributed by atoms with Crippen LogP contribution in [0.15, 0.2) is 54.7 Å². The zero-order chi connectivity index (χ0) is 20.1. The molecule has 1 heterocycles. The first kappa shape index (κ1) is 20.5. The molecular formula is C20H24N2O5. The molecule has 0 fully saturated rings. The summed E-state index contributed by atoms with van der Waals surface area (Å²) in [6.07, 6.45) is 0.132. The lowest BCUT2D eigenvalue weighted by atomic mass is 9.75. The van der Waals surface area contributed by atoms with E-state index in [1.165, 1.54) is 6.20 Å². The van der Waals surface area contributed by atoms with Gasteiger partial charge in [0.1, 0.15) is 5.60 Å². The number of hydrogen-bond donors (Lipinski definition) is 1. The third-order valence-electron chi connectivity index (χ3n) is 4.09. The van der Waals surface area contributed by atoms with Crippen molar-refractivity contribution in [3.8, 4) is 0 Å². The number of pyridine rings is 1. The van der Waals surface area contributed by atoms with Crippen molar-refractivity contribution in [1.82, 2.24) is 4.98 Å². The van der Waals surface area contributed by atoms with Crippen LogP contribution in [0.1, 0.15) is 44.6 Å². The van der Waals surface area contributed by atoms with Crippen molar-refractivity contribution in [2.24, 2.45) is 0 Å². The van der Waals surface area contributed by atoms with Gasteiger partial charge in [0.25, 0.3) is 0 Å². The van der Waals surface area contributed by atoms with Crippen LogP contribution in [0.4, 0.5) is 0 Å². The highest BCUT2D eigenvalue weighted by molar-refractivity contribution is 5.84. The third-order valence-corrected chi connectivity index (χ3v) is 4.09. The molecule has 27 heavy (non-hydrogen) atoms. The van der Waals surface area contributed by atoms with E-state index in [4.69, 9.17) is 4.74 Å². The zero-order valence-electron chi connectivity index (χ0n) is 15.7. The summed E-state index contributed by atoms with van der Waals surface area (Å²) in [5.74, 6) is -0.743. The normalized spacial score (nSPS) is 14.8. The number of carbonyl (C=O) groups excluding carboxylic acids is 1. The van der Waals surface area contributed by atoms with Crippen LogP contribution in [0, 0.1) is 10.1 Å². The van der Waals surface area contributed by atoms with Crippen molar-refractivity contribution in [3.63, 3.8) is 0 Å². The molecule has 1 N–H and O–H groups in total. The lowest BCUT2D eigenvalue weighted by molar-refractivity contribution is -0.489. The Morgan fingerprint density at radius 2 is 1.81 bits per heavy atom. The van der Waals surface area contributed by atoms with Gasteiger partial charge in [0.05, 0.1) is 11.8 Å². The summed E-state index contributed by atoms with van der Waals surface area (Å²) >= 11 is 0. The molecular weight excluding hydrogens is 348 g/mol. The quantitative estimate of drug-likeness (QED) is 0.455. The number of nitro groups is 1. The second-order valence-corrected chi connectivity index (χ2v) is 7.42. The van der Waals surface area contributed by atoms with E-state index in [0.29, 0.717) is 11.3 Å². The molecule has 0 amide bonds. The predicted octanol–water partition coefficient (Wildman–Crippen LogP) is 3.06. The highest BCUT2D eigenvalue weighted by Crippen LogP contribution is 2.36. The van der Waals surface area contributed by atoms with Gasteiger partial charge in [-0.2, -0.15) is 0 Å². The van der Waals surface area contributed by atoms with Crippen LogP contribution < -0.4 is 0 Å². The molecule has 0 aliphatic heterocycles. The minimum Gasteiger partial charge on any atom is -0.459 e. The molecule has 7 nitrogen and oxygen atoms in total. The van der Waals surface area contributed by atoms with Gasteiger partial charge in [-0.1, -0.05) is 36.4 Å². The van der Waals surface area contributed by atoms with Crippen molar-refractivity contribution in [2.45, 2.75) is 44.3 Å². The van der Waals surface area contributed by atoms with Crippen LogP contribution in [0.2, 0.25) is 0 Å². The fraction of sp³-hybridized carbons (Fsp3) is 0.400. The Morgan fingerprint density at radius 3 is 2.33 bits per heavy atom. The summed E-state index contributed by atoms with van der Waals surface area (Å²) < 4.78 is 5.52. The van der Waals surface area contributed by atoms with Crippen LogP contribution in [0.3, 0.4) is 0 Å². The van der Waals surface area contributed by atoms with Crippen LogP contribution in [0.5, 0.6) is 0 Å². The average molecular weight is 372 g/mol. The van der Waals surface area contributed by atoms with Gasteiger partial charge in [-0.05, 0) is 38.5 Å². The molecule has 1 aromatic carbocycles. The van der Waals surface area contributed by atoms with Gasteiger partial charge in [0.15, 0.2) is 5.41 Å². The molecule has 0 spiro atoms. The number of nitrogens with zero attached hydrogens (tertiary/aromatic N) is 2. The topological polar surface area (TPSA) is 103 Å². The van der Waals surface area contributed by atoms with E-state index in [0.717, 1.165) is 0 Å². The second kappa shape index (κ2) is 8.26. The Balaban J connectivity index is 2.53. The number of hydrogen-bond acceptors (Lipinski definition) is 6. The first-order valence-electron chi connectivity index (χ1n) is 8.64. The Labute approximate surface area is 158 Å². The standard InChI is InChI=1S/C20H24N2O5/c1-19(2,3)27-18(24)20(14-22(25)26,15-9-5-4-6-10-15)13-17(23)16-11-7-8-12-21-16/h4-12,17,23H,13-14H2,1-3H3. The molecule has 1 aromatic heterocycles. The maximum atomic E-state index is 13.1. The Morgan fingerprint density at radius 1 is 1.19 bits per heavy atom. The molecule has 0 saturated heterocycles. The smallest absolute Gasteiger partial charge is 0.323 e. The number of aliphatic hydroxyl groups is 1. The minimum atomic E-state index is -1.64. The van der Waals surface area contributed by atoms with Gasteiger partial charge in [-0.15, -0.1) is 0 Å². The fourth-order valence-electron chi connectivity index (χ4n) is 2.90. The fourth-order valence-corrected chi connectivity index (χ4v) is 2.90. The summed E-state index contributed by atoms with van der Waals surface area (Å²) in [5, 5.41) is 22.2. The van der Waals surface area contributed by atoms with E-state index in [-0.39, 0.29) is 6.42 Å². The SMILES string of the molecule is CC(C)(C)OC(=O)C(CC(O)c1ccccn1)(C[N+](=O)[O-])c1ccccc1. The van der Waals surface area contributed by atoms with Gasteiger partial charge in [-0.3, -0.25) is 19.9 Å². The molecule has 2 aromatic rings. The van der Waals surface area contributed by atoms with Crippen molar-refractivity contribution in [2.75, 3.05) is 6.54 Å². The summed E-state index contributed by atoms with van der Waals surface area (Å²) in [7, 11) is 0. The molecule has 144 valence electrons. The number of carbonyl (C=O) groups is 1. The number of benzene rings is 1. The highest BCUT2D eigenvalue weighted by Gasteiger charge is 2.49. The Bertz CT molecular complexity index is 774. The lowest BCUT2D eigenvalue weighted by Crippen LogP contribution is -2.47. The zero-order valence-corrected chi connectivity index (χ0v) is 15.7. The minimum absolute atomic E-state index is 0.218. The Hall–Kier alpha value is -2.80. The van der Waals surface area contributed by atoms with Crippen LogP contribution >= 0.6 is 0 Å². The summed E-state index contributed by atoms with van der Waals surface area (Å²) in [6.45, 7) is 4.39. The van der Waals surface area contributed by atoms with E-state index < -0.39 is 34.6 Å². The van der Waals surface area contributed by atoms with E-state index in [9.17, 15) is 20.0 Å². The molecule has 2 rings (SSSR count). The van der Waals surface area contributed by atoms with Crippen molar-refractivity contribution in [3.05, 3.63) is 76.1 Å². The Kier molecular flexibility index (Phi) is 6.28. The second-order valence-electron chi connectivity index (χ2n) is 7.42. The number of aromatic nitrogens is 1. The first-order valence-corrected chi connectivity index (χ1v) is 8.64. The van der Waals surface area contributed by atoms with Gasteiger partial charge in [0.2, 0.25) is 6.54 Å². The van der Waals surface area contributed by atoms with Gasteiger partial charge in [-0.25, -0.2) is 0 Å². The van der Waals surface area contributed by atoms with Crippen molar-refractivity contribution < 1.29 is 19.6 Å². The van der Waals surface area contributed by atoms with Crippen molar-refractivity contribution >= 4 is 5.97 Å². The highest BCUT2D eigenvalue weighted by atomic mass is 16.6. The van der Waals surface area contributed by atoms with E-state index >= 15 is 0 Å². The summed E-state index contributed by atoms with van der Waals surface area (Å²) in [5.41, 5.74) is -1.71. The molecule has 0 aliphatic rings. The van der Waals surface area contributed by atoms with Gasteiger partial charge in [0, 0.05) is 17.5 Å². The molecule has 0 radical (unpaired) electrons. The van der Waals surface area contributed by atoms with E-state index in [1.54, 1.807) is 69.3 Å². The van der Waals surface area contributed by atoms with Gasteiger partial charge < -0.3 is 9.84 Å². The van der Waals surface area contributed by atoms with Crippen molar-refractivity contribution in [1.29, 1.82) is 0 Å². The molecule has 7 heteroatoms. The van der Waals surface area contributed by atoms with E-state index in [1.807, 2.05) is 0 Å². The van der Waals surface area contributed by atoms with Gasteiger partial charge >= 0.3 is 5.97 Å². The predicted molar refractivity (Wildman–Crippen MR) is 99.6 cm³/mol.